The average Bonchev–Trinajstić information content (AvgIpc) is 2.48. The molecule has 0 saturated carbocycles. The Morgan fingerprint density at radius 2 is 2.19 bits per heavy atom. The van der Waals surface area contributed by atoms with E-state index >= 15 is 0 Å². The lowest BCUT2D eigenvalue weighted by Crippen LogP contribution is -2.53. The van der Waals surface area contributed by atoms with Crippen molar-refractivity contribution in [2.24, 2.45) is 0 Å². The highest BCUT2D eigenvalue weighted by atomic mass is 35.5. The lowest BCUT2D eigenvalue weighted by atomic mass is 9.97. The van der Waals surface area contributed by atoms with Gasteiger partial charge in [-0.1, -0.05) is 29.8 Å². The van der Waals surface area contributed by atoms with E-state index in [1.165, 1.54) is 4.90 Å². The monoisotopic (exact) mass is 308 g/mol. The Morgan fingerprint density at radius 3 is 2.81 bits per heavy atom. The van der Waals surface area contributed by atoms with E-state index in [9.17, 15) is 9.59 Å². The van der Waals surface area contributed by atoms with Gasteiger partial charge in [0.25, 0.3) is 5.91 Å². The summed E-state index contributed by atoms with van der Waals surface area (Å²) in [6, 6.07) is 6.55. The molecular formula is C15H17ClN2O3. The number of rotatable bonds is 4. The van der Waals surface area contributed by atoms with Crippen molar-refractivity contribution >= 4 is 23.4 Å². The number of hydrogen-bond acceptors (Lipinski definition) is 3. The molecule has 0 spiro atoms. The molecule has 0 radical (unpaired) electrons. The Balaban J connectivity index is 2.28. The topological polar surface area (TPSA) is 58.6 Å². The van der Waals surface area contributed by atoms with Crippen LogP contribution in [0.1, 0.15) is 11.6 Å². The average molecular weight is 309 g/mol. The second-order valence-electron chi connectivity index (χ2n) is 4.77. The van der Waals surface area contributed by atoms with E-state index in [1.807, 2.05) is 0 Å². The molecule has 1 N–H and O–H groups in total. The number of amides is 2. The largest absolute Gasteiger partial charge is 0.356 e. The summed E-state index contributed by atoms with van der Waals surface area (Å²) in [5.41, 5.74) is 0.800. The first-order chi connectivity index (χ1) is 10.0. The van der Waals surface area contributed by atoms with Crippen molar-refractivity contribution in [2.75, 3.05) is 20.2 Å². The third kappa shape index (κ3) is 3.43. The van der Waals surface area contributed by atoms with Crippen LogP contribution >= 0.6 is 11.6 Å². The van der Waals surface area contributed by atoms with Crippen molar-refractivity contribution < 1.29 is 14.3 Å². The molecule has 6 heteroatoms. The summed E-state index contributed by atoms with van der Waals surface area (Å²) in [6.45, 7) is 3.80. The van der Waals surface area contributed by atoms with Gasteiger partial charge in [0, 0.05) is 18.6 Å². The van der Waals surface area contributed by atoms with E-state index in [4.69, 9.17) is 16.3 Å². The van der Waals surface area contributed by atoms with Gasteiger partial charge in [-0.2, -0.15) is 0 Å². The molecule has 1 aromatic rings. The molecule has 2 amide bonds. The van der Waals surface area contributed by atoms with E-state index < -0.39 is 12.1 Å². The molecule has 0 bridgehead atoms. The highest BCUT2D eigenvalue weighted by Crippen LogP contribution is 2.29. The van der Waals surface area contributed by atoms with Crippen molar-refractivity contribution in [1.29, 1.82) is 0 Å². The van der Waals surface area contributed by atoms with Crippen LogP contribution in [0.4, 0.5) is 0 Å². The summed E-state index contributed by atoms with van der Waals surface area (Å²) >= 11 is 5.88. The molecule has 1 aliphatic heterocycles. The lowest BCUT2D eigenvalue weighted by molar-refractivity contribution is -0.162. The fourth-order valence-electron chi connectivity index (χ4n) is 2.26. The Labute approximate surface area is 128 Å². The molecule has 1 saturated heterocycles. The van der Waals surface area contributed by atoms with Crippen molar-refractivity contribution in [1.82, 2.24) is 10.2 Å². The van der Waals surface area contributed by atoms with E-state index in [-0.39, 0.29) is 18.4 Å². The maximum absolute atomic E-state index is 12.2. The molecule has 0 unspecified atom stereocenters. The number of nitrogens with one attached hydrogen (secondary N) is 1. The zero-order valence-corrected chi connectivity index (χ0v) is 12.5. The zero-order valence-electron chi connectivity index (χ0n) is 11.7. The molecule has 2 atom stereocenters. The molecule has 1 aromatic carbocycles. The quantitative estimate of drug-likeness (QED) is 0.858. The lowest BCUT2D eigenvalue weighted by Gasteiger charge is -2.38. The number of hydrogen-bond donors (Lipinski definition) is 1. The Bertz CT molecular complexity index is 544. The minimum atomic E-state index is -0.756. The summed E-state index contributed by atoms with van der Waals surface area (Å²) in [5, 5.41) is 3.30. The van der Waals surface area contributed by atoms with Gasteiger partial charge in [-0.3, -0.25) is 9.59 Å². The Kier molecular flexibility index (Phi) is 4.98. The van der Waals surface area contributed by atoms with Gasteiger partial charge >= 0.3 is 0 Å². The molecule has 1 aliphatic rings. The van der Waals surface area contributed by atoms with Crippen molar-refractivity contribution in [3.63, 3.8) is 0 Å². The first-order valence-electron chi connectivity index (χ1n) is 6.56. The van der Waals surface area contributed by atoms with E-state index in [0.717, 1.165) is 5.56 Å². The van der Waals surface area contributed by atoms with Gasteiger partial charge in [-0.15, -0.1) is 6.58 Å². The summed E-state index contributed by atoms with van der Waals surface area (Å²) in [6.07, 6.45) is 0.834. The summed E-state index contributed by atoms with van der Waals surface area (Å²) < 4.78 is 5.45. The normalized spacial score (nSPS) is 22.0. The molecule has 0 aromatic heterocycles. The summed E-state index contributed by atoms with van der Waals surface area (Å²) in [4.78, 5) is 25.6. The van der Waals surface area contributed by atoms with Crippen molar-refractivity contribution in [2.45, 2.75) is 12.1 Å². The third-order valence-corrected chi connectivity index (χ3v) is 3.63. The van der Waals surface area contributed by atoms with Crippen LogP contribution in [0.3, 0.4) is 0 Å². The second-order valence-corrected chi connectivity index (χ2v) is 5.20. The van der Waals surface area contributed by atoms with Crippen LogP contribution in [0.15, 0.2) is 36.9 Å². The predicted molar refractivity (Wildman–Crippen MR) is 79.9 cm³/mol. The number of morpholine rings is 1. The maximum Gasteiger partial charge on any atom is 0.251 e. The van der Waals surface area contributed by atoms with Crippen LogP contribution in [0, 0.1) is 0 Å². The minimum absolute atomic E-state index is 0.104. The third-order valence-electron chi connectivity index (χ3n) is 3.37. The molecule has 112 valence electrons. The molecule has 5 nitrogen and oxygen atoms in total. The molecule has 1 fully saturated rings. The molecule has 2 rings (SSSR count). The molecular weight excluding hydrogens is 292 g/mol. The van der Waals surface area contributed by atoms with Gasteiger partial charge in [0.05, 0.1) is 6.04 Å². The van der Waals surface area contributed by atoms with Gasteiger partial charge in [0.2, 0.25) is 5.91 Å². The summed E-state index contributed by atoms with van der Waals surface area (Å²) in [5.74, 6) is -0.433. The standard InChI is InChI=1S/C15H17ClN2O3/c1-3-8-17-15(20)14-13(18(2)12(19)9-21-14)10-4-6-11(16)7-5-10/h3-7,13-14H,1,8-9H2,2H3,(H,17,20)/t13-,14+/m0/s1. The number of nitrogens with zero attached hydrogens (tertiary/aromatic N) is 1. The fraction of sp³-hybridized carbons (Fsp3) is 0.333. The SMILES string of the molecule is C=CCNC(=O)[C@@H]1OCC(=O)N(C)[C@H]1c1ccc(Cl)cc1. The highest BCUT2D eigenvalue weighted by Gasteiger charge is 2.39. The van der Waals surface area contributed by atoms with Gasteiger partial charge in [-0.05, 0) is 17.7 Å². The number of ether oxygens (including phenoxy) is 1. The predicted octanol–water partition coefficient (Wildman–Crippen LogP) is 1.54. The number of benzene rings is 1. The maximum atomic E-state index is 12.2. The zero-order chi connectivity index (χ0) is 15.4. The van der Waals surface area contributed by atoms with E-state index in [0.29, 0.717) is 11.6 Å². The molecule has 21 heavy (non-hydrogen) atoms. The highest BCUT2D eigenvalue weighted by molar-refractivity contribution is 6.30. The van der Waals surface area contributed by atoms with Crippen LogP contribution < -0.4 is 5.32 Å². The van der Waals surface area contributed by atoms with Gasteiger partial charge in [0.15, 0.2) is 6.10 Å². The van der Waals surface area contributed by atoms with Crippen molar-refractivity contribution in [3.05, 3.63) is 47.5 Å². The summed E-state index contributed by atoms with van der Waals surface area (Å²) in [7, 11) is 1.66. The fourth-order valence-corrected chi connectivity index (χ4v) is 2.39. The van der Waals surface area contributed by atoms with Crippen LogP contribution in [0.5, 0.6) is 0 Å². The smallest absolute Gasteiger partial charge is 0.251 e. The number of likely N-dealkylation sites (N-methyl/N-ethyl adjacent to an activating group) is 1. The molecule has 1 heterocycles. The van der Waals surface area contributed by atoms with Crippen LogP contribution in [-0.4, -0.2) is 43.0 Å². The van der Waals surface area contributed by atoms with E-state index in [2.05, 4.69) is 11.9 Å². The minimum Gasteiger partial charge on any atom is -0.356 e. The van der Waals surface area contributed by atoms with Gasteiger partial charge in [-0.25, -0.2) is 0 Å². The molecule has 0 aliphatic carbocycles. The first-order valence-corrected chi connectivity index (χ1v) is 6.93. The second kappa shape index (κ2) is 6.74. The van der Waals surface area contributed by atoms with Crippen LogP contribution in [0.25, 0.3) is 0 Å². The Hall–Kier alpha value is -1.85. The van der Waals surface area contributed by atoms with E-state index in [1.54, 1.807) is 37.4 Å². The number of carbonyl (C=O) groups is 2. The number of halogens is 1. The van der Waals surface area contributed by atoms with Gasteiger partial charge < -0.3 is 15.0 Å². The van der Waals surface area contributed by atoms with Crippen molar-refractivity contribution in [3.8, 4) is 0 Å². The van der Waals surface area contributed by atoms with Crippen LogP contribution in [0.2, 0.25) is 5.02 Å². The van der Waals surface area contributed by atoms with Gasteiger partial charge in [0.1, 0.15) is 6.61 Å². The van der Waals surface area contributed by atoms with Crippen LogP contribution in [-0.2, 0) is 14.3 Å². The Morgan fingerprint density at radius 1 is 1.52 bits per heavy atom. The number of carbonyl (C=O) groups excluding carboxylic acids is 2. The first kappa shape index (κ1) is 15.5.